The molecule has 2 fully saturated rings. The van der Waals surface area contributed by atoms with E-state index >= 15 is 0 Å². The third-order valence-corrected chi connectivity index (χ3v) is 7.22. The number of aromatic nitrogens is 2. The second-order valence-electron chi connectivity index (χ2n) is 8.02. The number of hydrogen-bond donors (Lipinski definition) is 0. The van der Waals surface area contributed by atoms with Crippen molar-refractivity contribution in [2.24, 2.45) is 0 Å². The number of thioether (sulfide) groups is 1. The van der Waals surface area contributed by atoms with Gasteiger partial charge in [0, 0.05) is 36.3 Å². The molecule has 5 rings (SSSR count). The van der Waals surface area contributed by atoms with Gasteiger partial charge in [-0.2, -0.15) is 5.10 Å². The Morgan fingerprint density at radius 3 is 2.46 bits per heavy atom. The molecule has 0 saturated heterocycles. The van der Waals surface area contributed by atoms with E-state index in [0.717, 1.165) is 38.6 Å². The fourth-order valence-electron chi connectivity index (χ4n) is 4.59. The third-order valence-electron chi connectivity index (χ3n) is 6.33. The van der Waals surface area contributed by atoms with Crippen LogP contribution in [0.5, 0.6) is 5.75 Å². The Kier molecular flexibility index (Phi) is 4.38. The molecule has 4 nitrogen and oxygen atoms in total. The van der Waals surface area contributed by atoms with Gasteiger partial charge in [0.1, 0.15) is 11.3 Å². The van der Waals surface area contributed by atoms with Crippen LogP contribution in [0, 0.1) is 0 Å². The second-order valence-corrected chi connectivity index (χ2v) is 9.25. The van der Waals surface area contributed by atoms with Crippen LogP contribution in [0.25, 0.3) is 16.8 Å². The molecule has 2 aliphatic carbocycles. The highest BCUT2D eigenvalue weighted by Crippen LogP contribution is 2.51. The van der Waals surface area contributed by atoms with Gasteiger partial charge in [-0.3, -0.25) is 4.48 Å². The van der Waals surface area contributed by atoms with Crippen LogP contribution in [-0.2, 0) is 0 Å². The zero-order valence-corrected chi connectivity index (χ0v) is 18.1. The van der Waals surface area contributed by atoms with E-state index in [4.69, 9.17) is 21.4 Å². The minimum atomic E-state index is 0.672. The van der Waals surface area contributed by atoms with Crippen LogP contribution < -0.4 is 9.22 Å². The average molecular weight is 415 g/mol. The predicted octanol–water partition coefficient (Wildman–Crippen LogP) is 5.65. The van der Waals surface area contributed by atoms with E-state index in [1.807, 2.05) is 18.2 Å². The van der Waals surface area contributed by atoms with Crippen molar-refractivity contribution in [2.45, 2.75) is 42.8 Å². The lowest BCUT2D eigenvalue weighted by Gasteiger charge is -2.34. The topological polar surface area (TPSA) is 26.5 Å². The molecule has 28 heavy (non-hydrogen) atoms. The Balaban J connectivity index is 1.76. The number of pyridine rings is 1. The standard InChI is InChI=1S/C22H25ClN3OS/c1-26(15-8-9-15,16-10-11-16)21-19-6-4-5-18(25(19)24-22(21)28-3)17-12-7-14(23)13-20(17)27-2/h4-7,12-13,15-16H,8-11H2,1-3H3/q+1. The number of nitrogens with zero attached hydrogens (tertiary/aromatic N) is 3. The Hall–Kier alpha value is -1.69. The number of methoxy groups -OCH3 is 1. The fourth-order valence-corrected chi connectivity index (χ4v) is 5.41. The Labute approximate surface area is 175 Å². The minimum Gasteiger partial charge on any atom is -0.496 e. The fraction of sp³-hybridized carbons (Fsp3) is 0.409. The quantitative estimate of drug-likeness (QED) is 0.385. The zero-order valence-electron chi connectivity index (χ0n) is 16.5. The smallest absolute Gasteiger partial charge is 0.193 e. The summed E-state index contributed by atoms with van der Waals surface area (Å²) in [5.41, 5.74) is 4.64. The number of quaternary nitrogens is 1. The van der Waals surface area contributed by atoms with Gasteiger partial charge in [0.05, 0.1) is 31.9 Å². The van der Waals surface area contributed by atoms with Crippen molar-refractivity contribution < 1.29 is 4.74 Å². The van der Waals surface area contributed by atoms with Crippen LogP contribution >= 0.6 is 23.4 Å². The Bertz CT molecular complexity index is 1040. The van der Waals surface area contributed by atoms with Gasteiger partial charge in [0.25, 0.3) is 0 Å². The third kappa shape index (κ3) is 2.75. The van der Waals surface area contributed by atoms with E-state index < -0.39 is 0 Å². The summed E-state index contributed by atoms with van der Waals surface area (Å²) in [6, 6.07) is 13.7. The first-order valence-electron chi connectivity index (χ1n) is 9.84. The predicted molar refractivity (Wildman–Crippen MR) is 118 cm³/mol. The molecule has 2 aliphatic rings. The molecule has 0 aliphatic heterocycles. The average Bonchev–Trinajstić information content (AvgIpc) is 3.61. The molecule has 0 bridgehead atoms. The summed E-state index contributed by atoms with van der Waals surface area (Å²) in [6.07, 6.45) is 7.43. The number of fused-ring (bicyclic) bond motifs is 1. The number of ether oxygens (including phenoxy) is 1. The lowest BCUT2D eigenvalue weighted by atomic mass is 10.1. The Morgan fingerprint density at radius 2 is 1.86 bits per heavy atom. The maximum absolute atomic E-state index is 6.19. The lowest BCUT2D eigenvalue weighted by molar-refractivity contribution is 0.306. The van der Waals surface area contributed by atoms with Crippen LogP contribution in [0.4, 0.5) is 5.69 Å². The normalized spacial score (nSPS) is 17.3. The van der Waals surface area contributed by atoms with E-state index in [-0.39, 0.29) is 0 Å². The summed E-state index contributed by atoms with van der Waals surface area (Å²) in [7, 11) is 4.12. The minimum absolute atomic E-state index is 0.672. The number of benzene rings is 1. The van der Waals surface area contributed by atoms with E-state index in [2.05, 4.69) is 36.0 Å². The number of rotatable bonds is 6. The molecule has 3 aromatic rings. The van der Waals surface area contributed by atoms with Crippen LogP contribution in [-0.4, -0.2) is 42.1 Å². The molecule has 6 heteroatoms. The van der Waals surface area contributed by atoms with Gasteiger partial charge in [-0.15, -0.1) is 11.8 Å². The summed E-state index contributed by atoms with van der Waals surface area (Å²) in [6.45, 7) is 0. The molecule has 2 saturated carbocycles. The summed E-state index contributed by atoms with van der Waals surface area (Å²) >= 11 is 7.94. The highest BCUT2D eigenvalue weighted by molar-refractivity contribution is 7.98. The van der Waals surface area contributed by atoms with Gasteiger partial charge < -0.3 is 4.74 Å². The van der Waals surface area contributed by atoms with E-state index in [9.17, 15) is 0 Å². The first-order chi connectivity index (χ1) is 13.6. The van der Waals surface area contributed by atoms with Crippen molar-refractivity contribution in [2.75, 3.05) is 20.4 Å². The molecule has 0 atom stereocenters. The first-order valence-corrected chi connectivity index (χ1v) is 11.4. The van der Waals surface area contributed by atoms with Crippen molar-refractivity contribution in [1.82, 2.24) is 14.1 Å². The highest BCUT2D eigenvalue weighted by Gasteiger charge is 2.55. The summed E-state index contributed by atoms with van der Waals surface area (Å²) in [4.78, 5) is 0. The number of halogens is 1. The van der Waals surface area contributed by atoms with Gasteiger partial charge in [-0.05, 0) is 36.6 Å². The van der Waals surface area contributed by atoms with Crippen molar-refractivity contribution in [3.63, 3.8) is 0 Å². The van der Waals surface area contributed by atoms with Crippen LogP contribution in [0.3, 0.4) is 0 Å². The number of hydrogen-bond acceptors (Lipinski definition) is 3. The first kappa shape index (κ1) is 18.3. The molecule has 0 spiro atoms. The van der Waals surface area contributed by atoms with Crippen molar-refractivity contribution >= 4 is 34.6 Å². The zero-order chi connectivity index (χ0) is 19.5. The maximum atomic E-state index is 6.19. The van der Waals surface area contributed by atoms with Crippen LogP contribution in [0.1, 0.15) is 25.7 Å². The van der Waals surface area contributed by atoms with Gasteiger partial charge >= 0.3 is 0 Å². The van der Waals surface area contributed by atoms with Gasteiger partial charge in [0.15, 0.2) is 10.7 Å². The second kappa shape index (κ2) is 6.68. The lowest BCUT2D eigenvalue weighted by Crippen LogP contribution is -2.49. The van der Waals surface area contributed by atoms with Crippen LogP contribution in [0.15, 0.2) is 41.4 Å². The van der Waals surface area contributed by atoms with Gasteiger partial charge in [0.2, 0.25) is 0 Å². The van der Waals surface area contributed by atoms with Crippen molar-refractivity contribution in [3.8, 4) is 17.0 Å². The molecule has 0 N–H and O–H groups in total. The molecule has 146 valence electrons. The van der Waals surface area contributed by atoms with Crippen LogP contribution in [0.2, 0.25) is 5.02 Å². The highest BCUT2D eigenvalue weighted by atomic mass is 35.5. The van der Waals surface area contributed by atoms with Gasteiger partial charge in [-0.25, -0.2) is 4.52 Å². The monoisotopic (exact) mass is 414 g/mol. The van der Waals surface area contributed by atoms with E-state index in [1.54, 1.807) is 18.9 Å². The molecule has 2 heterocycles. The summed E-state index contributed by atoms with van der Waals surface area (Å²) in [5.74, 6) is 0.768. The largest absolute Gasteiger partial charge is 0.496 e. The maximum Gasteiger partial charge on any atom is 0.193 e. The molecule has 0 amide bonds. The van der Waals surface area contributed by atoms with Crippen molar-refractivity contribution in [3.05, 3.63) is 41.4 Å². The summed E-state index contributed by atoms with van der Waals surface area (Å²) < 4.78 is 8.77. The SMILES string of the molecule is COc1cc(Cl)ccc1-c1cccc2c([N+](C)(C3CC3)C3CC3)c(SC)nn12. The van der Waals surface area contributed by atoms with E-state index in [0.29, 0.717) is 5.02 Å². The van der Waals surface area contributed by atoms with Gasteiger partial charge in [-0.1, -0.05) is 17.7 Å². The van der Waals surface area contributed by atoms with Crippen molar-refractivity contribution in [1.29, 1.82) is 0 Å². The molecular formula is C22H25ClN3OS+. The Morgan fingerprint density at radius 1 is 1.14 bits per heavy atom. The molecular weight excluding hydrogens is 390 g/mol. The van der Waals surface area contributed by atoms with E-state index in [1.165, 1.54) is 36.9 Å². The molecule has 2 aromatic heterocycles. The molecule has 1 aromatic carbocycles. The molecule has 0 radical (unpaired) electrons. The summed E-state index contributed by atoms with van der Waals surface area (Å²) in [5, 5.41) is 6.88. The molecule has 0 unspecified atom stereocenters.